The number of aromatic amines is 1. The van der Waals surface area contributed by atoms with Crippen molar-refractivity contribution in [1.82, 2.24) is 20.1 Å². The fourth-order valence-electron chi connectivity index (χ4n) is 6.35. The van der Waals surface area contributed by atoms with Crippen molar-refractivity contribution in [3.63, 3.8) is 0 Å². The van der Waals surface area contributed by atoms with Crippen LogP contribution in [0, 0.1) is 5.92 Å². The maximum Gasteiger partial charge on any atom is 0.267 e. The van der Waals surface area contributed by atoms with Crippen molar-refractivity contribution < 1.29 is 28.5 Å². The van der Waals surface area contributed by atoms with Crippen molar-refractivity contribution in [3.8, 4) is 17.2 Å². The molecular weight excluding hydrogens is 619 g/mol. The summed E-state index contributed by atoms with van der Waals surface area (Å²) in [5.41, 5.74) is 2.89. The number of aliphatic hydroxyl groups excluding tert-OH is 1. The fourth-order valence-corrected chi connectivity index (χ4v) is 6.35. The molecule has 2 atom stereocenters. The van der Waals surface area contributed by atoms with Crippen LogP contribution in [-0.4, -0.2) is 91.4 Å². The number of benzene rings is 2. The number of carbonyl (C=O) groups excluding carboxylic acids is 1. The highest BCUT2D eigenvalue weighted by atomic mass is 35.5. The molecule has 0 saturated carbocycles. The van der Waals surface area contributed by atoms with Gasteiger partial charge in [-0.25, -0.2) is 0 Å². The highest BCUT2D eigenvalue weighted by molar-refractivity contribution is 5.99. The van der Waals surface area contributed by atoms with Crippen molar-refractivity contribution in [3.05, 3.63) is 53.9 Å². The number of carbonyl (C=O) groups is 1. The van der Waals surface area contributed by atoms with E-state index in [1.54, 1.807) is 20.5 Å². The van der Waals surface area contributed by atoms with Crippen molar-refractivity contribution in [2.24, 2.45) is 5.92 Å². The summed E-state index contributed by atoms with van der Waals surface area (Å²) in [5.74, 6) is 2.24. The zero-order valence-corrected chi connectivity index (χ0v) is 27.7. The largest absolute Gasteiger partial charge is 0.496 e. The Bertz CT molecular complexity index is 1570. The van der Waals surface area contributed by atoms with Gasteiger partial charge in [-0.3, -0.25) is 4.79 Å². The van der Waals surface area contributed by atoms with E-state index in [2.05, 4.69) is 27.0 Å². The lowest BCUT2D eigenvalue weighted by atomic mass is 9.97. The van der Waals surface area contributed by atoms with Crippen molar-refractivity contribution >= 4 is 52.6 Å². The fraction of sp³-hybridized carbons (Fsp3) is 0.485. The number of furan rings is 1. The normalized spacial score (nSPS) is 19.6. The third-order valence-corrected chi connectivity index (χ3v) is 9.00. The minimum Gasteiger partial charge on any atom is -0.496 e. The molecule has 2 aromatic carbocycles. The number of rotatable bonds is 10. The number of hydrogen-bond donors (Lipinski definition) is 3. The number of amides is 1. The number of aliphatic hydroxyl groups is 1. The average Bonchev–Trinajstić information content (AvgIpc) is 3.66. The molecule has 45 heavy (non-hydrogen) atoms. The van der Waals surface area contributed by atoms with Gasteiger partial charge in [0, 0.05) is 73.9 Å². The first-order valence-corrected chi connectivity index (χ1v) is 15.2. The standard InChI is InChI=1S/C33H42N4O6.2ClH/c1-21-18-37(12-9-28(21)38)14-13-36-10-7-23(8-11-36)34-33(39)27-17-25-26(35-27)5-4-6-29(25)42-19-22-20-43-31-16-24(40-2)15-30(41-3)32(22)31;;/h4-6,15-17,20-21,23,28,35,38H,7-14,18-19H2,1-3H3,(H,34,39);2*1H/t21-,28-;;/m0../s1. The van der Waals surface area contributed by atoms with Crippen molar-refractivity contribution in [2.45, 2.75) is 44.9 Å². The van der Waals surface area contributed by atoms with Gasteiger partial charge in [0.15, 0.2) is 0 Å². The molecule has 0 aliphatic carbocycles. The number of H-pyrrole nitrogens is 1. The molecule has 0 bridgehead atoms. The van der Waals surface area contributed by atoms with Gasteiger partial charge in [-0.05, 0) is 43.4 Å². The van der Waals surface area contributed by atoms with Crippen LogP contribution in [0.3, 0.4) is 0 Å². The molecule has 1 amide bonds. The molecule has 0 spiro atoms. The third-order valence-electron chi connectivity index (χ3n) is 9.00. The van der Waals surface area contributed by atoms with Crippen LogP contribution in [0.15, 0.2) is 47.1 Å². The van der Waals surface area contributed by atoms with Crippen LogP contribution < -0.4 is 19.5 Å². The quantitative estimate of drug-likeness (QED) is 0.211. The van der Waals surface area contributed by atoms with Gasteiger partial charge in [0.05, 0.1) is 32.0 Å². The molecular formula is C33H44Cl2N4O6. The van der Waals surface area contributed by atoms with Gasteiger partial charge in [-0.1, -0.05) is 13.0 Å². The summed E-state index contributed by atoms with van der Waals surface area (Å²) in [5, 5.41) is 14.9. The van der Waals surface area contributed by atoms with Crippen LogP contribution in [0.4, 0.5) is 0 Å². The van der Waals surface area contributed by atoms with Gasteiger partial charge in [-0.15, -0.1) is 24.8 Å². The molecule has 4 heterocycles. The maximum atomic E-state index is 13.2. The molecule has 2 aromatic heterocycles. The summed E-state index contributed by atoms with van der Waals surface area (Å²) in [6.45, 7) is 8.36. The average molecular weight is 664 g/mol. The van der Waals surface area contributed by atoms with E-state index in [-0.39, 0.29) is 49.5 Å². The Morgan fingerprint density at radius 1 is 1.02 bits per heavy atom. The summed E-state index contributed by atoms with van der Waals surface area (Å²) in [6.07, 6.45) is 4.24. The van der Waals surface area contributed by atoms with Gasteiger partial charge in [0.1, 0.15) is 35.1 Å². The first-order chi connectivity index (χ1) is 20.9. The van der Waals surface area contributed by atoms with E-state index in [0.29, 0.717) is 34.4 Å². The maximum absolute atomic E-state index is 13.2. The molecule has 10 nitrogen and oxygen atoms in total. The van der Waals surface area contributed by atoms with Gasteiger partial charge in [-0.2, -0.15) is 0 Å². The number of halogens is 2. The first-order valence-electron chi connectivity index (χ1n) is 15.2. The van der Waals surface area contributed by atoms with Gasteiger partial charge < -0.3 is 43.8 Å². The van der Waals surface area contributed by atoms with E-state index in [0.717, 1.165) is 80.4 Å². The van der Waals surface area contributed by atoms with Gasteiger partial charge in [0.2, 0.25) is 0 Å². The Morgan fingerprint density at radius 2 is 1.78 bits per heavy atom. The highest BCUT2D eigenvalue weighted by Gasteiger charge is 2.26. The number of fused-ring (bicyclic) bond motifs is 2. The molecule has 0 unspecified atom stereocenters. The zero-order chi connectivity index (χ0) is 29.9. The van der Waals surface area contributed by atoms with Crippen LogP contribution in [0.25, 0.3) is 21.9 Å². The number of nitrogens with zero attached hydrogens (tertiary/aromatic N) is 2. The number of likely N-dealkylation sites (tertiary alicyclic amines) is 2. The number of piperidine rings is 2. The predicted octanol–water partition coefficient (Wildman–Crippen LogP) is 5.25. The van der Waals surface area contributed by atoms with E-state index in [1.165, 1.54) is 0 Å². The van der Waals surface area contributed by atoms with Crippen LogP contribution in [0.5, 0.6) is 17.2 Å². The Balaban J connectivity index is 0.00000230. The Morgan fingerprint density at radius 3 is 2.51 bits per heavy atom. The second-order valence-electron chi connectivity index (χ2n) is 11.9. The predicted molar refractivity (Wildman–Crippen MR) is 180 cm³/mol. The summed E-state index contributed by atoms with van der Waals surface area (Å²) in [4.78, 5) is 21.4. The number of ether oxygens (including phenoxy) is 3. The first kappa shape index (κ1) is 34.7. The van der Waals surface area contributed by atoms with Crippen molar-refractivity contribution in [1.29, 1.82) is 0 Å². The molecule has 2 aliphatic heterocycles. The lowest BCUT2D eigenvalue weighted by Crippen LogP contribution is -2.48. The molecule has 3 N–H and O–H groups in total. The highest BCUT2D eigenvalue weighted by Crippen LogP contribution is 2.36. The minimum absolute atomic E-state index is 0. The Labute approximate surface area is 276 Å². The second kappa shape index (κ2) is 15.4. The Kier molecular flexibility index (Phi) is 11.9. The topological polar surface area (TPSA) is 112 Å². The molecule has 4 aromatic rings. The van der Waals surface area contributed by atoms with E-state index in [1.807, 2.05) is 36.4 Å². The zero-order valence-electron chi connectivity index (χ0n) is 26.0. The summed E-state index contributed by atoms with van der Waals surface area (Å²) < 4.78 is 22.9. The lowest BCUT2D eigenvalue weighted by Gasteiger charge is -2.37. The third kappa shape index (κ3) is 7.81. The lowest BCUT2D eigenvalue weighted by molar-refractivity contribution is 0.0301. The SMILES string of the molecule is COc1cc(OC)c2c(COc3cccc4[nH]c(C(=O)NC5CCN(CCN6CC[C@H](O)[C@@H](C)C6)CC5)cc34)coc2c1.Cl.Cl. The van der Waals surface area contributed by atoms with E-state index in [9.17, 15) is 9.90 Å². The van der Waals surface area contributed by atoms with Gasteiger partial charge >= 0.3 is 0 Å². The minimum atomic E-state index is -0.162. The Hall–Kier alpha value is -3.15. The summed E-state index contributed by atoms with van der Waals surface area (Å²) in [7, 11) is 3.22. The van der Waals surface area contributed by atoms with Crippen LogP contribution in [0.1, 0.15) is 42.2 Å². The van der Waals surface area contributed by atoms with E-state index in [4.69, 9.17) is 18.6 Å². The summed E-state index contributed by atoms with van der Waals surface area (Å²) >= 11 is 0. The molecule has 2 saturated heterocycles. The van der Waals surface area contributed by atoms with Crippen LogP contribution in [-0.2, 0) is 6.61 Å². The van der Waals surface area contributed by atoms with Crippen LogP contribution in [0.2, 0.25) is 0 Å². The molecule has 12 heteroatoms. The molecule has 6 rings (SSSR count). The van der Waals surface area contributed by atoms with Crippen LogP contribution >= 0.6 is 24.8 Å². The second-order valence-corrected chi connectivity index (χ2v) is 11.9. The molecule has 2 fully saturated rings. The summed E-state index contributed by atoms with van der Waals surface area (Å²) in [6, 6.07) is 11.4. The molecule has 2 aliphatic rings. The van der Waals surface area contributed by atoms with E-state index < -0.39 is 0 Å². The monoisotopic (exact) mass is 662 g/mol. The molecule has 246 valence electrons. The van der Waals surface area contributed by atoms with Gasteiger partial charge in [0.25, 0.3) is 5.91 Å². The number of hydrogen-bond acceptors (Lipinski definition) is 8. The van der Waals surface area contributed by atoms with Crippen molar-refractivity contribution in [2.75, 3.05) is 53.5 Å². The number of methoxy groups -OCH3 is 2. The van der Waals surface area contributed by atoms with E-state index >= 15 is 0 Å². The molecule has 0 radical (unpaired) electrons. The smallest absolute Gasteiger partial charge is 0.267 e. The number of aromatic nitrogens is 1. The number of nitrogens with one attached hydrogen (secondary N) is 2.